The lowest BCUT2D eigenvalue weighted by molar-refractivity contribution is 0.536. The van der Waals surface area contributed by atoms with Gasteiger partial charge in [-0.2, -0.15) is 0 Å². The van der Waals surface area contributed by atoms with E-state index in [4.69, 9.17) is 11.3 Å². The third-order valence-corrected chi connectivity index (χ3v) is 2.99. The summed E-state index contributed by atoms with van der Waals surface area (Å²) in [4.78, 5) is 4.24. The van der Waals surface area contributed by atoms with Crippen LogP contribution in [0.15, 0.2) is 47.5 Å². The summed E-state index contributed by atoms with van der Waals surface area (Å²) < 4.78 is 0. The Balaban J connectivity index is 2.69. The van der Waals surface area contributed by atoms with Crippen LogP contribution in [-0.4, -0.2) is 30.8 Å². The molecule has 4 N–H and O–H groups in total. The van der Waals surface area contributed by atoms with Gasteiger partial charge < -0.3 is 5.32 Å². The van der Waals surface area contributed by atoms with E-state index in [9.17, 15) is 0 Å². The van der Waals surface area contributed by atoms with Gasteiger partial charge in [-0.15, -0.1) is 0 Å². The third kappa shape index (κ3) is 2.15. The third-order valence-electron chi connectivity index (χ3n) is 2.99. The molecule has 0 unspecified atom stereocenters. The van der Waals surface area contributed by atoms with Crippen molar-refractivity contribution >= 4 is 22.9 Å². The number of nitrogens with one attached hydrogen (secondary N) is 2. The number of likely N-dealkylation sites (N-methyl/N-ethyl adjacent to an activating group) is 1. The fraction of sp³-hybridized carbons (Fsp3) is 0.143. The summed E-state index contributed by atoms with van der Waals surface area (Å²) in [5.74, 6) is 6.58. The Morgan fingerprint density at radius 1 is 1.47 bits per heavy atom. The first-order valence-corrected chi connectivity index (χ1v) is 5.87. The molecule has 1 aliphatic rings. The maximum absolute atomic E-state index is 8.06. The highest BCUT2D eigenvalue weighted by atomic mass is 15.4. The minimum absolute atomic E-state index is 0.199. The molecule has 1 aromatic rings. The highest BCUT2D eigenvalue weighted by Gasteiger charge is 2.26. The molecule has 1 aliphatic heterocycles. The second kappa shape index (κ2) is 5.07. The number of hydrogen-bond acceptors (Lipinski definition) is 3. The number of anilines is 1. The van der Waals surface area contributed by atoms with Crippen molar-refractivity contribution in [2.45, 2.75) is 0 Å². The summed E-state index contributed by atoms with van der Waals surface area (Å²) in [5.41, 5.74) is 3.49. The van der Waals surface area contributed by atoms with Crippen molar-refractivity contribution in [1.82, 2.24) is 5.01 Å². The van der Waals surface area contributed by atoms with Crippen molar-refractivity contribution in [3.63, 3.8) is 0 Å². The van der Waals surface area contributed by atoms with E-state index >= 15 is 0 Å². The zero-order chi connectivity index (χ0) is 14.0. The maximum Gasteiger partial charge on any atom is 0.142 e. The second-order valence-corrected chi connectivity index (χ2v) is 4.20. The SMILES string of the molecule is C=C/C(C(=N)N(C)N)=C1\C(=NC)Nc2ccccc21. The van der Waals surface area contributed by atoms with Gasteiger partial charge in [0.25, 0.3) is 0 Å². The topological polar surface area (TPSA) is 77.5 Å². The average Bonchev–Trinajstić information content (AvgIpc) is 2.78. The van der Waals surface area contributed by atoms with E-state index in [1.54, 1.807) is 20.2 Å². The molecule has 0 bridgehead atoms. The van der Waals surface area contributed by atoms with E-state index in [0.717, 1.165) is 22.7 Å². The number of amidine groups is 2. The number of para-hydroxylation sites is 1. The van der Waals surface area contributed by atoms with Gasteiger partial charge in [0.2, 0.25) is 0 Å². The Morgan fingerprint density at radius 3 is 2.74 bits per heavy atom. The lowest BCUT2D eigenvalue weighted by Gasteiger charge is -2.16. The largest absolute Gasteiger partial charge is 0.339 e. The number of fused-ring (bicyclic) bond motifs is 1. The molecule has 2 rings (SSSR count). The van der Waals surface area contributed by atoms with E-state index in [1.807, 2.05) is 24.3 Å². The zero-order valence-corrected chi connectivity index (χ0v) is 11.1. The van der Waals surface area contributed by atoms with Gasteiger partial charge in [0.1, 0.15) is 11.7 Å². The summed E-state index contributed by atoms with van der Waals surface area (Å²) in [5, 5.41) is 12.6. The van der Waals surface area contributed by atoms with Gasteiger partial charge in [0.05, 0.1) is 0 Å². The van der Waals surface area contributed by atoms with Crippen LogP contribution in [0.25, 0.3) is 5.57 Å². The van der Waals surface area contributed by atoms with Crippen LogP contribution in [0, 0.1) is 5.41 Å². The molecule has 0 fully saturated rings. The number of benzene rings is 1. The summed E-state index contributed by atoms with van der Waals surface area (Å²) in [6, 6.07) is 7.87. The quantitative estimate of drug-likeness (QED) is 0.327. The van der Waals surface area contributed by atoms with Crippen molar-refractivity contribution in [3.05, 3.63) is 48.1 Å². The van der Waals surface area contributed by atoms with Crippen molar-refractivity contribution in [1.29, 1.82) is 5.41 Å². The molecule has 5 heteroatoms. The molecule has 0 saturated carbocycles. The van der Waals surface area contributed by atoms with E-state index < -0.39 is 0 Å². The van der Waals surface area contributed by atoms with Gasteiger partial charge in [-0.1, -0.05) is 30.9 Å². The first-order chi connectivity index (χ1) is 9.10. The monoisotopic (exact) mass is 255 g/mol. The van der Waals surface area contributed by atoms with Crippen LogP contribution in [0.1, 0.15) is 5.56 Å². The Kier molecular flexibility index (Phi) is 3.48. The first-order valence-electron chi connectivity index (χ1n) is 5.87. The summed E-state index contributed by atoms with van der Waals surface area (Å²) in [6.07, 6.45) is 1.63. The molecule has 0 saturated heterocycles. The number of hydrazine groups is 1. The summed E-state index contributed by atoms with van der Waals surface area (Å²) in [7, 11) is 3.34. The second-order valence-electron chi connectivity index (χ2n) is 4.20. The maximum atomic E-state index is 8.06. The predicted octanol–water partition coefficient (Wildman–Crippen LogP) is 1.86. The Morgan fingerprint density at radius 2 is 2.16 bits per heavy atom. The molecule has 0 aliphatic carbocycles. The van der Waals surface area contributed by atoms with Gasteiger partial charge in [-0.05, 0) is 6.07 Å². The molecular weight excluding hydrogens is 238 g/mol. The van der Waals surface area contributed by atoms with Gasteiger partial charge >= 0.3 is 0 Å². The molecule has 0 amide bonds. The summed E-state index contributed by atoms with van der Waals surface area (Å²) in [6.45, 7) is 3.79. The highest BCUT2D eigenvalue weighted by Crippen LogP contribution is 2.34. The summed E-state index contributed by atoms with van der Waals surface area (Å²) >= 11 is 0. The van der Waals surface area contributed by atoms with Crippen molar-refractivity contribution in [2.75, 3.05) is 19.4 Å². The van der Waals surface area contributed by atoms with Crippen LogP contribution in [0.2, 0.25) is 0 Å². The first kappa shape index (κ1) is 13.0. The minimum atomic E-state index is 0.199. The number of aliphatic imine (C=N–C) groups is 1. The molecule has 0 atom stereocenters. The van der Waals surface area contributed by atoms with E-state index in [-0.39, 0.29) is 5.84 Å². The van der Waals surface area contributed by atoms with Crippen LogP contribution in [-0.2, 0) is 0 Å². The van der Waals surface area contributed by atoms with Crippen LogP contribution in [0.3, 0.4) is 0 Å². The number of rotatable bonds is 2. The zero-order valence-electron chi connectivity index (χ0n) is 11.1. The van der Waals surface area contributed by atoms with Crippen molar-refractivity contribution in [3.8, 4) is 0 Å². The van der Waals surface area contributed by atoms with Crippen molar-refractivity contribution < 1.29 is 0 Å². The van der Waals surface area contributed by atoms with Crippen LogP contribution < -0.4 is 11.2 Å². The highest BCUT2D eigenvalue weighted by molar-refractivity contribution is 6.38. The number of nitrogens with two attached hydrogens (primary N) is 1. The number of nitrogens with zero attached hydrogens (tertiary/aromatic N) is 2. The van der Waals surface area contributed by atoms with E-state index in [2.05, 4.69) is 16.9 Å². The molecule has 19 heavy (non-hydrogen) atoms. The lowest BCUT2D eigenvalue weighted by atomic mass is 9.99. The average molecular weight is 255 g/mol. The molecule has 5 nitrogen and oxygen atoms in total. The Hall–Kier alpha value is -2.40. The minimum Gasteiger partial charge on any atom is -0.339 e. The molecule has 0 aromatic heterocycles. The van der Waals surface area contributed by atoms with Gasteiger partial charge in [-0.3, -0.25) is 15.4 Å². The number of hydrogen-bond donors (Lipinski definition) is 3. The molecule has 1 aromatic carbocycles. The normalized spacial score (nSPS) is 17.7. The van der Waals surface area contributed by atoms with Crippen LogP contribution in [0.4, 0.5) is 5.69 Å². The fourth-order valence-corrected chi connectivity index (χ4v) is 2.08. The smallest absolute Gasteiger partial charge is 0.142 e. The van der Waals surface area contributed by atoms with Crippen LogP contribution >= 0.6 is 0 Å². The van der Waals surface area contributed by atoms with E-state index in [1.165, 1.54) is 5.01 Å². The van der Waals surface area contributed by atoms with E-state index in [0.29, 0.717) is 5.57 Å². The lowest BCUT2D eigenvalue weighted by Crippen LogP contribution is -2.34. The Bertz CT molecular complexity index is 596. The van der Waals surface area contributed by atoms with Gasteiger partial charge in [-0.25, -0.2) is 5.84 Å². The molecule has 0 spiro atoms. The standard InChI is InChI=1S/C14H17N5/c1-4-9(13(15)19(3)16)12-10-7-5-6-8-11(10)18-14(12)17-2/h4-8,15H,1,16H2,2-3H3,(H,17,18)/b12-9+,15-13?. The molecule has 98 valence electrons. The van der Waals surface area contributed by atoms with Gasteiger partial charge in [0.15, 0.2) is 0 Å². The van der Waals surface area contributed by atoms with Crippen LogP contribution in [0.5, 0.6) is 0 Å². The predicted molar refractivity (Wildman–Crippen MR) is 80.2 cm³/mol. The molecule has 1 heterocycles. The molecule has 0 radical (unpaired) electrons. The fourth-order valence-electron chi connectivity index (χ4n) is 2.08. The van der Waals surface area contributed by atoms with Gasteiger partial charge in [0, 0.05) is 36.5 Å². The Labute approximate surface area is 112 Å². The molecular formula is C14H17N5. The van der Waals surface area contributed by atoms with Crippen molar-refractivity contribution in [2.24, 2.45) is 10.8 Å².